The summed E-state index contributed by atoms with van der Waals surface area (Å²) in [5.74, 6) is 0. The first-order valence-electron chi connectivity index (χ1n) is 4.56. The molecule has 0 amide bonds. The van der Waals surface area contributed by atoms with Crippen LogP contribution in [0.5, 0.6) is 0 Å². The molecule has 2 rings (SSSR count). The maximum atomic E-state index is 11.9. The van der Waals surface area contributed by atoms with Crippen molar-refractivity contribution in [2.45, 2.75) is 5.03 Å². The van der Waals surface area contributed by atoms with Gasteiger partial charge in [-0.1, -0.05) is 39.1 Å². The lowest BCUT2D eigenvalue weighted by molar-refractivity contribution is 0.598. The molecule has 0 atom stereocenters. The predicted octanol–water partition coefficient (Wildman–Crippen LogP) is 3.28. The third kappa shape index (κ3) is 2.80. The fraction of sp³-hybridized carbons (Fsp3) is 0. The summed E-state index contributed by atoms with van der Waals surface area (Å²) in [4.78, 5) is 6.13. The van der Waals surface area contributed by atoms with Crippen LogP contribution in [0.3, 0.4) is 0 Å². The van der Waals surface area contributed by atoms with Crippen LogP contribution in [0.15, 0.2) is 34.2 Å². The van der Waals surface area contributed by atoms with E-state index in [2.05, 4.69) is 30.6 Å². The van der Waals surface area contributed by atoms with Gasteiger partial charge in [0, 0.05) is 4.47 Å². The highest BCUT2D eigenvalue weighted by molar-refractivity contribution is 9.10. The minimum absolute atomic E-state index is 0.0717. The molecule has 5 nitrogen and oxygen atoms in total. The molecule has 0 bridgehead atoms. The van der Waals surface area contributed by atoms with E-state index in [1.54, 1.807) is 0 Å². The molecule has 9 heteroatoms. The molecule has 0 saturated heterocycles. The molecule has 2 aromatic rings. The molecular weight excluding hydrogens is 365 g/mol. The van der Waals surface area contributed by atoms with Gasteiger partial charge in [-0.15, -0.1) is 0 Å². The second-order valence-electron chi connectivity index (χ2n) is 3.27. The van der Waals surface area contributed by atoms with Gasteiger partial charge in [-0.25, -0.2) is 4.98 Å². The Labute approximate surface area is 122 Å². The highest BCUT2D eigenvalue weighted by Gasteiger charge is 2.19. The minimum atomic E-state index is -3.78. The fourth-order valence-corrected chi connectivity index (χ4v) is 3.64. The van der Waals surface area contributed by atoms with Crippen LogP contribution in [0.2, 0.25) is 10.0 Å². The Morgan fingerprint density at radius 2 is 1.89 bits per heavy atom. The van der Waals surface area contributed by atoms with Crippen LogP contribution in [0, 0.1) is 0 Å². The van der Waals surface area contributed by atoms with E-state index in [9.17, 15) is 8.42 Å². The number of hydrogen-bond acceptors (Lipinski definition) is 3. The van der Waals surface area contributed by atoms with Crippen molar-refractivity contribution in [1.29, 1.82) is 0 Å². The van der Waals surface area contributed by atoms with Gasteiger partial charge in [0.2, 0.25) is 0 Å². The van der Waals surface area contributed by atoms with Crippen LogP contribution in [-0.2, 0) is 10.0 Å². The van der Waals surface area contributed by atoms with Crippen molar-refractivity contribution < 1.29 is 8.42 Å². The molecule has 0 aliphatic heterocycles. The smallest absolute Gasteiger partial charge is 0.279 e. The Balaban J connectivity index is 2.42. The number of nitrogens with zero attached hydrogens (tertiary/aromatic N) is 1. The van der Waals surface area contributed by atoms with Gasteiger partial charge >= 0.3 is 0 Å². The Bertz CT molecular complexity index is 650. The first-order chi connectivity index (χ1) is 8.40. The second kappa shape index (κ2) is 5.08. The Hall–Kier alpha value is -0.760. The summed E-state index contributed by atoms with van der Waals surface area (Å²) in [5, 5.41) is 0.312. The molecule has 0 saturated carbocycles. The molecule has 0 aliphatic rings. The molecule has 96 valence electrons. The summed E-state index contributed by atoms with van der Waals surface area (Å²) in [6, 6.07) is 3.08. The molecule has 0 radical (unpaired) electrons. The van der Waals surface area contributed by atoms with Crippen LogP contribution in [0.25, 0.3) is 0 Å². The zero-order chi connectivity index (χ0) is 13.3. The van der Waals surface area contributed by atoms with Gasteiger partial charge in [0.25, 0.3) is 10.0 Å². The van der Waals surface area contributed by atoms with Crippen LogP contribution < -0.4 is 4.72 Å². The monoisotopic (exact) mass is 369 g/mol. The molecule has 1 aromatic heterocycles. The van der Waals surface area contributed by atoms with Crippen LogP contribution in [0.4, 0.5) is 5.69 Å². The van der Waals surface area contributed by atoms with Crippen LogP contribution >= 0.6 is 39.1 Å². The number of hydrogen-bond donors (Lipinski definition) is 2. The van der Waals surface area contributed by atoms with Gasteiger partial charge in [0.15, 0.2) is 5.03 Å². The lowest BCUT2D eigenvalue weighted by Gasteiger charge is -2.10. The number of imidazole rings is 1. The first-order valence-corrected chi connectivity index (χ1v) is 7.59. The third-order valence-electron chi connectivity index (χ3n) is 2.01. The molecule has 0 aliphatic carbocycles. The number of halogens is 3. The maximum Gasteiger partial charge on any atom is 0.279 e. The van der Waals surface area contributed by atoms with Gasteiger partial charge in [-0.3, -0.25) is 4.72 Å². The summed E-state index contributed by atoms with van der Waals surface area (Å²) in [6.45, 7) is 0. The lowest BCUT2D eigenvalue weighted by atomic mass is 10.3. The highest BCUT2D eigenvalue weighted by Crippen LogP contribution is 2.34. The average molecular weight is 371 g/mol. The normalized spacial score (nSPS) is 11.5. The zero-order valence-electron chi connectivity index (χ0n) is 8.62. The van der Waals surface area contributed by atoms with Gasteiger partial charge < -0.3 is 4.98 Å². The summed E-state index contributed by atoms with van der Waals surface area (Å²) in [5.41, 5.74) is 0.121. The van der Waals surface area contributed by atoms with E-state index in [0.717, 1.165) is 0 Å². The molecule has 0 spiro atoms. The summed E-state index contributed by atoms with van der Waals surface area (Å²) in [6.07, 6.45) is 2.45. The first kappa shape index (κ1) is 13.7. The molecule has 0 unspecified atom stereocenters. The molecule has 1 heterocycles. The quantitative estimate of drug-likeness (QED) is 0.870. The van der Waals surface area contributed by atoms with Gasteiger partial charge in [-0.05, 0) is 12.1 Å². The number of nitrogens with one attached hydrogen (secondary N) is 2. The van der Waals surface area contributed by atoms with Crippen LogP contribution in [0.1, 0.15) is 0 Å². The minimum Gasteiger partial charge on any atom is -0.334 e. The van der Waals surface area contributed by atoms with E-state index < -0.39 is 10.0 Å². The van der Waals surface area contributed by atoms with E-state index in [1.165, 1.54) is 24.7 Å². The van der Waals surface area contributed by atoms with Crippen molar-refractivity contribution in [3.63, 3.8) is 0 Å². The van der Waals surface area contributed by atoms with Crippen LogP contribution in [-0.4, -0.2) is 18.4 Å². The van der Waals surface area contributed by atoms with Crippen molar-refractivity contribution >= 4 is 54.8 Å². The van der Waals surface area contributed by atoms with Crippen molar-refractivity contribution in [1.82, 2.24) is 9.97 Å². The topological polar surface area (TPSA) is 74.8 Å². The van der Waals surface area contributed by atoms with Gasteiger partial charge in [0.05, 0.1) is 28.3 Å². The number of benzene rings is 1. The zero-order valence-corrected chi connectivity index (χ0v) is 12.5. The van der Waals surface area contributed by atoms with E-state index >= 15 is 0 Å². The van der Waals surface area contributed by atoms with E-state index in [-0.39, 0.29) is 20.8 Å². The van der Waals surface area contributed by atoms with Crippen molar-refractivity contribution in [2.24, 2.45) is 0 Å². The molecule has 0 fully saturated rings. The number of rotatable bonds is 3. The van der Waals surface area contributed by atoms with Crippen molar-refractivity contribution in [3.8, 4) is 0 Å². The van der Waals surface area contributed by atoms with E-state index in [4.69, 9.17) is 23.2 Å². The SMILES string of the molecule is O=S(=O)(Nc1c(Cl)cc(Br)cc1Cl)c1cnc[nH]1. The predicted molar refractivity (Wildman–Crippen MR) is 73.6 cm³/mol. The largest absolute Gasteiger partial charge is 0.334 e. The highest BCUT2D eigenvalue weighted by atomic mass is 79.9. The molecular formula is C9H6BrCl2N3O2S. The van der Waals surface area contributed by atoms with Crippen molar-refractivity contribution in [3.05, 3.63) is 39.2 Å². The maximum absolute atomic E-state index is 11.9. The summed E-state index contributed by atoms with van der Waals surface area (Å²) < 4.78 is 26.8. The number of H-pyrrole nitrogens is 1. The Kier molecular flexibility index (Phi) is 3.86. The van der Waals surface area contributed by atoms with E-state index in [1.807, 2.05) is 0 Å². The number of sulfonamides is 1. The van der Waals surface area contributed by atoms with E-state index in [0.29, 0.717) is 4.47 Å². The molecule has 2 N–H and O–H groups in total. The number of aromatic amines is 1. The summed E-state index contributed by atoms with van der Waals surface area (Å²) in [7, 11) is -3.78. The average Bonchev–Trinajstić information content (AvgIpc) is 2.77. The summed E-state index contributed by atoms with van der Waals surface area (Å²) >= 11 is 15.1. The standard InChI is InChI=1S/C9H6BrCl2N3O2S/c10-5-1-6(11)9(7(12)2-5)15-18(16,17)8-3-13-4-14-8/h1-4,15H,(H,13,14). The fourth-order valence-electron chi connectivity index (χ4n) is 1.22. The van der Waals surface area contributed by atoms with Crippen molar-refractivity contribution in [2.75, 3.05) is 4.72 Å². The van der Waals surface area contributed by atoms with Gasteiger partial charge in [-0.2, -0.15) is 8.42 Å². The third-order valence-corrected chi connectivity index (χ3v) is 4.34. The van der Waals surface area contributed by atoms with Gasteiger partial charge in [0.1, 0.15) is 0 Å². The lowest BCUT2D eigenvalue weighted by Crippen LogP contribution is -2.14. The number of aromatic nitrogens is 2. The number of anilines is 1. The molecule has 18 heavy (non-hydrogen) atoms. The second-order valence-corrected chi connectivity index (χ2v) is 6.65. The Morgan fingerprint density at radius 1 is 1.28 bits per heavy atom. The molecule has 1 aromatic carbocycles. The Morgan fingerprint density at radius 3 is 2.39 bits per heavy atom.